The summed E-state index contributed by atoms with van der Waals surface area (Å²) in [5, 5.41) is 50.2. The van der Waals surface area contributed by atoms with Gasteiger partial charge < -0.3 is 39.9 Å². The minimum Gasteiger partial charge on any atom is -0.457 e. The number of unbranched alkanes of at least 4 members (excludes halogenated alkanes) is 17. The summed E-state index contributed by atoms with van der Waals surface area (Å²) in [7, 11) is -5.03. The van der Waals surface area contributed by atoms with Gasteiger partial charge in [-0.2, -0.15) is 0 Å². The highest BCUT2D eigenvalue weighted by molar-refractivity contribution is 7.47. The van der Waals surface area contributed by atoms with Crippen LogP contribution >= 0.6 is 7.82 Å². The summed E-state index contributed by atoms with van der Waals surface area (Å²) in [6.07, 6.45) is 35.8. The van der Waals surface area contributed by atoms with Gasteiger partial charge in [-0.05, 0) is 57.8 Å². The van der Waals surface area contributed by atoms with Gasteiger partial charge in [0.25, 0.3) is 0 Å². The van der Waals surface area contributed by atoms with Crippen LogP contribution in [0.4, 0.5) is 0 Å². The van der Waals surface area contributed by atoms with E-state index in [1.807, 2.05) is 0 Å². The fraction of sp³-hybridized carbons (Fsp3) is 0.771. The third-order valence-corrected chi connectivity index (χ3v) is 11.6. The van der Waals surface area contributed by atoms with Crippen LogP contribution in [0.2, 0.25) is 0 Å². The number of phosphoric ester groups is 1. The van der Waals surface area contributed by atoms with Gasteiger partial charge in [-0.25, -0.2) is 4.57 Å². The maximum absolute atomic E-state index is 12.8. The molecule has 61 heavy (non-hydrogen) atoms. The second-order valence-electron chi connectivity index (χ2n) is 16.2. The van der Waals surface area contributed by atoms with Gasteiger partial charge in [-0.1, -0.05) is 171 Å². The zero-order valence-corrected chi connectivity index (χ0v) is 38.6. The lowest BCUT2D eigenvalue weighted by Gasteiger charge is -2.41. The van der Waals surface area contributed by atoms with E-state index in [1.165, 1.54) is 77.0 Å². The van der Waals surface area contributed by atoms with Gasteiger partial charge in [0.1, 0.15) is 42.7 Å². The number of aliphatic hydroxyl groups excluding tert-OH is 5. The molecule has 6 atom stereocenters. The van der Waals surface area contributed by atoms with Gasteiger partial charge in [0.05, 0.1) is 13.2 Å². The second kappa shape index (κ2) is 38.5. The summed E-state index contributed by atoms with van der Waals surface area (Å²) < 4.78 is 34.1. The van der Waals surface area contributed by atoms with E-state index in [4.69, 9.17) is 18.5 Å². The Kier molecular flexibility index (Phi) is 36.0. The first-order chi connectivity index (χ1) is 29.5. The highest BCUT2D eigenvalue weighted by Crippen LogP contribution is 2.47. The largest absolute Gasteiger partial charge is 0.472 e. The molecule has 0 aromatic carbocycles. The maximum atomic E-state index is 12.8. The Morgan fingerprint density at radius 3 is 1.44 bits per heavy atom. The summed E-state index contributed by atoms with van der Waals surface area (Å²) in [5.41, 5.74) is 0. The first kappa shape index (κ1) is 57.1. The van der Waals surface area contributed by atoms with Crippen molar-refractivity contribution < 1.29 is 58.3 Å². The van der Waals surface area contributed by atoms with Gasteiger partial charge in [-0.15, -0.1) is 0 Å². The molecule has 1 saturated carbocycles. The van der Waals surface area contributed by atoms with Crippen LogP contribution in [0.25, 0.3) is 0 Å². The average molecular weight is 885 g/mol. The molecule has 0 spiro atoms. The molecule has 13 heteroatoms. The van der Waals surface area contributed by atoms with E-state index < -0.39 is 63.1 Å². The van der Waals surface area contributed by atoms with Gasteiger partial charge in [0.2, 0.25) is 0 Å². The van der Waals surface area contributed by atoms with E-state index in [-0.39, 0.29) is 13.0 Å². The molecule has 354 valence electrons. The lowest BCUT2D eigenvalue weighted by Crippen LogP contribution is -2.64. The Balaban J connectivity index is 2.42. The van der Waals surface area contributed by atoms with E-state index in [0.717, 1.165) is 70.6 Å². The molecule has 12 nitrogen and oxygen atoms in total. The molecular formula is C48H85O12P. The Hall–Kier alpha value is -1.96. The lowest BCUT2D eigenvalue weighted by molar-refractivity contribution is -0.220. The topological polar surface area (TPSA) is 192 Å². The third-order valence-electron chi connectivity index (χ3n) is 10.7. The third kappa shape index (κ3) is 30.7. The normalized spacial score (nSPS) is 22.7. The molecule has 0 radical (unpaired) electrons. The van der Waals surface area contributed by atoms with E-state index in [2.05, 4.69) is 74.6 Å². The minimum absolute atomic E-state index is 0.106. The number of ether oxygens (including phenoxy) is 2. The monoisotopic (exact) mass is 885 g/mol. The number of carbonyl (C=O) groups is 1. The SMILES string of the molecule is CC/C=C\C/C=C\C/C=C\C/C=C\C/C=C\CCCCOCC(COP(=O)(O)OC1C(O)C(O)C(O)C(O)C1O)OC(=O)CCCCCCCCCCCCCCCCCC. The molecule has 6 unspecified atom stereocenters. The van der Waals surface area contributed by atoms with Gasteiger partial charge in [-0.3, -0.25) is 13.8 Å². The van der Waals surface area contributed by atoms with Crippen LogP contribution in [0.5, 0.6) is 0 Å². The zero-order chi connectivity index (χ0) is 44.8. The van der Waals surface area contributed by atoms with Crippen LogP contribution < -0.4 is 0 Å². The molecule has 0 aliphatic heterocycles. The smallest absolute Gasteiger partial charge is 0.457 e. The molecule has 0 amide bonds. The number of hydrogen-bond acceptors (Lipinski definition) is 11. The van der Waals surface area contributed by atoms with Crippen LogP contribution in [0.3, 0.4) is 0 Å². The molecule has 0 aromatic rings. The molecule has 1 aliphatic rings. The molecule has 1 rings (SSSR count). The number of allylic oxidation sites excluding steroid dienone is 10. The van der Waals surface area contributed by atoms with Crippen molar-refractivity contribution in [1.29, 1.82) is 0 Å². The number of rotatable bonds is 39. The second-order valence-corrected chi connectivity index (χ2v) is 17.6. The number of aliphatic hydroxyl groups is 5. The molecule has 0 aromatic heterocycles. The van der Waals surface area contributed by atoms with Crippen molar-refractivity contribution in [3.05, 3.63) is 60.8 Å². The molecule has 0 heterocycles. The van der Waals surface area contributed by atoms with Crippen molar-refractivity contribution in [1.82, 2.24) is 0 Å². The van der Waals surface area contributed by atoms with Crippen molar-refractivity contribution >= 4 is 13.8 Å². The Morgan fingerprint density at radius 2 is 0.967 bits per heavy atom. The van der Waals surface area contributed by atoms with E-state index >= 15 is 0 Å². The van der Waals surface area contributed by atoms with Crippen molar-refractivity contribution in [2.24, 2.45) is 0 Å². The fourth-order valence-electron chi connectivity index (χ4n) is 6.91. The summed E-state index contributed by atoms with van der Waals surface area (Å²) in [6, 6.07) is 0. The molecular weight excluding hydrogens is 799 g/mol. The first-order valence-corrected chi connectivity index (χ1v) is 25.1. The Morgan fingerprint density at radius 1 is 0.541 bits per heavy atom. The summed E-state index contributed by atoms with van der Waals surface area (Å²) in [6.45, 7) is 4.05. The zero-order valence-electron chi connectivity index (χ0n) is 37.7. The van der Waals surface area contributed by atoms with Crippen molar-refractivity contribution in [2.75, 3.05) is 19.8 Å². The van der Waals surface area contributed by atoms with Crippen LogP contribution in [-0.4, -0.2) is 98.9 Å². The van der Waals surface area contributed by atoms with E-state index in [9.17, 15) is 39.8 Å². The maximum Gasteiger partial charge on any atom is 0.472 e. The standard InChI is InChI=1S/C48H85O12P/c1-3-5-7-9-11-13-15-17-19-21-22-24-26-28-30-32-34-36-38-57-39-41(40-58-61(55,56)60-48-46(53)44(51)43(50)45(52)47(48)54)59-42(49)37-35-33-31-29-27-25-23-20-18-16-14-12-10-8-6-4-2/h5,7,11,13,17,19,22,24,28,30,41,43-48,50-54H,3-4,6,8-10,12,14-16,18,20-21,23,25-27,29,31-40H2,1-2H3,(H,55,56)/b7-5-,13-11-,19-17-,24-22-,30-28-. The number of phosphoric acid groups is 1. The number of esters is 1. The highest BCUT2D eigenvalue weighted by atomic mass is 31.2. The molecule has 1 fully saturated rings. The Bertz CT molecular complexity index is 1240. The summed E-state index contributed by atoms with van der Waals surface area (Å²) in [5.74, 6) is -0.493. The van der Waals surface area contributed by atoms with Crippen LogP contribution in [0.1, 0.15) is 174 Å². The first-order valence-electron chi connectivity index (χ1n) is 23.6. The summed E-state index contributed by atoms with van der Waals surface area (Å²) >= 11 is 0. The highest BCUT2D eigenvalue weighted by Gasteiger charge is 2.51. The molecule has 1 aliphatic carbocycles. The van der Waals surface area contributed by atoms with Crippen LogP contribution in [0.15, 0.2) is 60.8 Å². The predicted octanol–water partition coefficient (Wildman–Crippen LogP) is 9.81. The average Bonchev–Trinajstić information content (AvgIpc) is 3.24. The van der Waals surface area contributed by atoms with Crippen molar-refractivity contribution in [2.45, 2.75) is 217 Å². The van der Waals surface area contributed by atoms with Gasteiger partial charge in [0.15, 0.2) is 0 Å². The van der Waals surface area contributed by atoms with Crippen molar-refractivity contribution in [3.8, 4) is 0 Å². The minimum atomic E-state index is -5.03. The van der Waals surface area contributed by atoms with Gasteiger partial charge in [0, 0.05) is 13.0 Å². The molecule has 0 saturated heterocycles. The number of hydrogen-bond donors (Lipinski definition) is 6. The van der Waals surface area contributed by atoms with E-state index in [0.29, 0.717) is 13.0 Å². The van der Waals surface area contributed by atoms with Crippen molar-refractivity contribution in [3.63, 3.8) is 0 Å². The fourth-order valence-corrected chi connectivity index (χ4v) is 7.88. The van der Waals surface area contributed by atoms with Crippen LogP contribution in [-0.2, 0) is 27.9 Å². The lowest BCUT2D eigenvalue weighted by atomic mass is 9.85. The summed E-state index contributed by atoms with van der Waals surface area (Å²) in [4.78, 5) is 23.2. The quantitative estimate of drug-likeness (QED) is 0.0148. The number of carbonyl (C=O) groups excluding carboxylic acids is 1. The Labute approximate surface area is 368 Å². The molecule has 6 N–H and O–H groups in total. The predicted molar refractivity (Wildman–Crippen MR) is 244 cm³/mol. The molecule has 0 bridgehead atoms. The van der Waals surface area contributed by atoms with Gasteiger partial charge >= 0.3 is 13.8 Å². The van der Waals surface area contributed by atoms with Crippen LogP contribution in [0, 0.1) is 0 Å². The van der Waals surface area contributed by atoms with E-state index in [1.54, 1.807) is 0 Å².